The average Bonchev–Trinajstić information content (AvgIpc) is 1.56. The molecule has 3 heterocycles. The minimum absolute atomic E-state index is 0.306. The fourth-order valence-corrected chi connectivity index (χ4v) is 19.6. The van der Waals surface area contributed by atoms with Gasteiger partial charge in [0.15, 0.2) is 5.58 Å². The van der Waals surface area contributed by atoms with E-state index in [4.69, 9.17) is 13.3 Å². The van der Waals surface area contributed by atoms with Crippen LogP contribution in [0, 0.1) is 5.82 Å². The predicted molar refractivity (Wildman–Crippen MR) is 551 cm³/mol. The van der Waals surface area contributed by atoms with Gasteiger partial charge in [-0.3, -0.25) is 0 Å². The zero-order valence-corrected chi connectivity index (χ0v) is 71.7. The summed E-state index contributed by atoms with van der Waals surface area (Å²) in [4.78, 5) is 8.97. The first-order valence-corrected chi connectivity index (χ1v) is 44.7. The first-order chi connectivity index (χ1) is 65.4. The maximum Gasteiger partial charge on any atom is 0.159 e. The molecular formula is C124H81FN4O3. The zero-order valence-electron chi connectivity index (χ0n) is 71.7. The van der Waals surface area contributed by atoms with Crippen LogP contribution in [-0.4, -0.2) is 0 Å². The van der Waals surface area contributed by atoms with E-state index in [1.165, 1.54) is 16.2 Å². The van der Waals surface area contributed by atoms with E-state index in [1.807, 2.05) is 108 Å². The first kappa shape index (κ1) is 77.9. The smallest absolute Gasteiger partial charge is 0.159 e. The second kappa shape index (κ2) is 33.3. The van der Waals surface area contributed by atoms with Crippen molar-refractivity contribution >= 4 is 177 Å². The van der Waals surface area contributed by atoms with Gasteiger partial charge >= 0.3 is 0 Å². The van der Waals surface area contributed by atoms with E-state index in [0.717, 1.165) is 211 Å². The number of hydrogen-bond acceptors (Lipinski definition) is 7. The maximum atomic E-state index is 17.0. The minimum Gasteiger partial charge on any atom is -0.455 e. The summed E-state index contributed by atoms with van der Waals surface area (Å²) < 4.78 is 37.6. The molecule has 0 amide bonds. The van der Waals surface area contributed by atoms with Crippen LogP contribution in [0.5, 0.6) is 0 Å². The van der Waals surface area contributed by atoms with Gasteiger partial charge < -0.3 is 32.9 Å². The highest BCUT2D eigenvalue weighted by Crippen LogP contribution is 2.52. The Kier molecular flexibility index (Phi) is 19.7. The summed E-state index contributed by atoms with van der Waals surface area (Å²) in [6.45, 7) is 0. The van der Waals surface area contributed by atoms with Gasteiger partial charge in [-0.05, 0) is 253 Å². The number of rotatable bonds is 17. The van der Waals surface area contributed by atoms with Gasteiger partial charge in [-0.1, -0.05) is 315 Å². The summed E-state index contributed by atoms with van der Waals surface area (Å²) in [7, 11) is 0. The maximum absolute atomic E-state index is 17.0. The third-order valence-electron chi connectivity index (χ3n) is 25.7. The number of benzene rings is 22. The third-order valence-corrected chi connectivity index (χ3v) is 25.7. The molecule has 132 heavy (non-hydrogen) atoms. The van der Waals surface area contributed by atoms with Crippen LogP contribution in [0.15, 0.2) is 505 Å². The SMILES string of the molecule is Fc1cc(-c2ccccc2)cc(-c2ccccc2)c1N(c1ccccc1)c1ccc(-c2ccc3c(c2)oc2c4ccc(N(c5ccccc5)c5ccccc5)cc4c4ccccc4c32)cc1.c1ccc(-c2ccccc2N(c2ccc(-c3ccc4c(c3)oc3c5ccc(N(c6ccccc6)c6ccccc6)cc5c5ccccc5c43)cc2)c2cccc3c2oc2ccccc23)cc1. The van der Waals surface area contributed by atoms with E-state index < -0.39 is 0 Å². The lowest BCUT2D eigenvalue weighted by Gasteiger charge is -2.29. The second-order valence-electron chi connectivity index (χ2n) is 33.4. The highest BCUT2D eigenvalue weighted by molar-refractivity contribution is 6.32. The molecule has 0 aliphatic carbocycles. The van der Waals surface area contributed by atoms with E-state index in [0.29, 0.717) is 5.69 Å². The van der Waals surface area contributed by atoms with Gasteiger partial charge in [-0.2, -0.15) is 0 Å². The average molecular weight is 1690 g/mol. The fraction of sp³-hybridized carbons (Fsp3) is 0. The summed E-state index contributed by atoms with van der Waals surface area (Å²) >= 11 is 0. The van der Waals surface area contributed by atoms with Crippen LogP contribution in [0.2, 0.25) is 0 Å². The van der Waals surface area contributed by atoms with Crippen LogP contribution in [0.4, 0.5) is 72.6 Å². The number of furan rings is 3. The highest BCUT2D eigenvalue weighted by Gasteiger charge is 2.28. The number of hydrogen-bond donors (Lipinski definition) is 0. The van der Waals surface area contributed by atoms with E-state index in [-0.39, 0.29) is 5.82 Å². The second-order valence-corrected chi connectivity index (χ2v) is 33.4. The van der Waals surface area contributed by atoms with Crippen molar-refractivity contribution in [3.05, 3.63) is 497 Å². The van der Waals surface area contributed by atoms with Crippen LogP contribution in [-0.2, 0) is 0 Å². The normalized spacial score (nSPS) is 11.5. The van der Waals surface area contributed by atoms with E-state index >= 15 is 4.39 Å². The van der Waals surface area contributed by atoms with Gasteiger partial charge in [0, 0.05) is 105 Å². The van der Waals surface area contributed by atoms with Crippen LogP contribution < -0.4 is 19.6 Å². The number of para-hydroxylation sites is 8. The molecule has 0 bridgehead atoms. The number of nitrogens with zero attached hydrogens (tertiary/aromatic N) is 4. The lowest BCUT2D eigenvalue weighted by Crippen LogP contribution is -2.13. The van der Waals surface area contributed by atoms with Gasteiger partial charge in [0.25, 0.3) is 0 Å². The molecule has 0 fully saturated rings. The summed E-state index contributed by atoms with van der Waals surface area (Å²) in [5.74, 6) is -0.306. The Morgan fingerprint density at radius 2 is 0.485 bits per heavy atom. The van der Waals surface area contributed by atoms with Crippen molar-refractivity contribution in [3.8, 4) is 55.6 Å². The van der Waals surface area contributed by atoms with Crippen molar-refractivity contribution in [2.24, 2.45) is 0 Å². The van der Waals surface area contributed by atoms with Gasteiger partial charge in [-0.15, -0.1) is 0 Å². The zero-order chi connectivity index (χ0) is 87.5. The van der Waals surface area contributed by atoms with Crippen molar-refractivity contribution in [2.45, 2.75) is 0 Å². The molecule has 0 aliphatic heterocycles. The third kappa shape index (κ3) is 13.9. The summed E-state index contributed by atoms with van der Waals surface area (Å²) in [5.41, 5.74) is 27.0. The monoisotopic (exact) mass is 1690 g/mol. The van der Waals surface area contributed by atoms with Crippen LogP contribution >= 0.6 is 0 Å². The Hall–Kier alpha value is -17.6. The molecule has 0 saturated heterocycles. The van der Waals surface area contributed by atoms with Crippen LogP contribution in [0.25, 0.3) is 165 Å². The number of fused-ring (bicyclic) bond motifs is 19. The molecule has 22 aromatic carbocycles. The Morgan fingerprint density at radius 1 is 0.159 bits per heavy atom. The van der Waals surface area contributed by atoms with Crippen LogP contribution in [0.1, 0.15) is 0 Å². The lowest BCUT2D eigenvalue weighted by atomic mass is 9.95. The largest absolute Gasteiger partial charge is 0.455 e. The molecular weight excluding hydrogens is 1610 g/mol. The van der Waals surface area contributed by atoms with Gasteiger partial charge in [-0.25, -0.2) is 4.39 Å². The highest BCUT2D eigenvalue weighted by atomic mass is 19.1. The Balaban J connectivity index is 0.000000146. The predicted octanol–water partition coefficient (Wildman–Crippen LogP) is 36.0. The van der Waals surface area contributed by atoms with Crippen molar-refractivity contribution in [1.82, 2.24) is 0 Å². The summed E-state index contributed by atoms with van der Waals surface area (Å²) in [6.07, 6.45) is 0. The van der Waals surface area contributed by atoms with Gasteiger partial charge in [0.2, 0.25) is 0 Å². The molecule has 0 N–H and O–H groups in total. The first-order valence-electron chi connectivity index (χ1n) is 44.7. The molecule has 3 aromatic heterocycles. The molecule has 8 heteroatoms. The lowest BCUT2D eigenvalue weighted by molar-refractivity contribution is 0.629. The molecule has 7 nitrogen and oxygen atoms in total. The van der Waals surface area contributed by atoms with Gasteiger partial charge in [0.1, 0.15) is 33.7 Å². The summed E-state index contributed by atoms with van der Waals surface area (Å²) in [5, 5.41) is 15.7. The van der Waals surface area contributed by atoms with Gasteiger partial charge in [0.05, 0.1) is 17.1 Å². The number of halogens is 1. The molecule has 0 aliphatic rings. The minimum atomic E-state index is -0.306. The quantitative estimate of drug-likeness (QED) is 0.0842. The van der Waals surface area contributed by atoms with Crippen LogP contribution in [0.3, 0.4) is 0 Å². The number of anilines is 12. The summed E-state index contributed by atoms with van der Waals surface area (Å²) in [6, 6.07) is 171. The molecule has 0 radical (unpaired) electrons. The molecule has 25 rings (SSSR count). The topological polar surface area (TPSA) is 52.4 Å². The van der Waals surface area contributed by atoms with E-state index in [2.05, 4.69) is 397 Å². The molecule has 0 saturated carbocycles. The molecule has 0 unspecified atom stereocenters. The molecule has 0 atom stereocenters. The Bertz CT molecular complexity index is 8560. The van der Waals surface area contributed by atoms with E-state index in [9.17, 15) is 0 Å². The van der Waals surface area contributed by atoms with Crippen molar-refractivity contribution in [1.29, 1.82) is 0 Å². The van der Waals surface area contributed by atoms with Crippen molar-refractivity contribution in [2.75, 3.05) is 19.6 Å². The van der Waals surface area contributed by atoms with E-state index in [1.54, 1.807) is 6.07 Å². The van der Waals surface area contributed by atoms with Crippen molar-refractivity contribution in [3.63, 3.8) is 0 Å². The molecule has 0 spiro atoms. The standard InChI is InChI=1S/C62H41FN2O.C62H40N2O2/c63-58-39-46(42-18-6-1-7-19-42)38-56(44-20-8-2-9-21-44)61(58)65(49-26-14-5-15-27-49)50-33-30-43(31-34-50)45-32-36-55-59(40-45)66-62-54-37-35-51(41-57(54)52-28-16-17-29-53(52)60(55)62)64(47-22-10-3-11-23-47)48-24-12-4-13-25-48;1-4-17-42(18-5-1)48-23-12-14-28-56(48)64(57-29-16-27-52-50-25-13-15-30-58(50)65-61(52)57)46-34-31-41(32-35-46)43-33-37-54-59(39-43)66-62-53-38-36-47(40-55(53)49-24-10-11-26-51(49)60(54)62)63(44-19-6-2-7-20-44)45-21-8-3-9-22-45/h1-41H;1-40H. The Morgan fingerprint density at radius 3 is 0.962 bits per heavy atom. The molecule has 25 aromatic rings. The Labute approximate surface area is 762 Å². The fourth-order valence-electron chi connectivity index (χ4n) is 19.6. The van der Waals surface area contributed by atoms with Crippen molar-refractivity contribution < 1.29 is 17.6 Å². The molecule has 622 valence electrons.